The number of carbonyl (C=O) groups excluding carboxylic acids is 1. The summed E-state index contributed by atoms with van der Waals surface area (Å²) in [5.74, 6) is -0.322. The fourth-order valence-electron chi connectivity index (χ4n) is 3.63. The molecule has 4 aromatic rings. The van der Waals surface area contributed by atoms with Gasteiger partial charge >= 0.3 is 0 Å². The fourth-order valence-corrected chi connectivity index (χ4v) is 3.63. The molecule has 0 saturated heterocycles. The number of nitrogens with one attached hydrogen (secondary N) is 1. The minimum atomic E-state index is -0.315. The van der Waals surface area contributed by atoms with E-state index in [-0.39, 0.29) is 11.7 Å². The number of aryl methyl sites for hydroxylation is 1. The van der Waals surface area contributed by atoms with E-state index in [2.05, 4.69) is 20.4 Å². The average Bonchev–Trinajstić information content (AvgIpc) is 3.24. The number of benzene rings is 1. The van der Waals surface area contributed by atoms with Gasteiger partial charge in [-0.25, -0.2) is 4.39 Å². The van der Waals surface area contributed by atoms with Gasteiger partial charge in [-0.1, -0.05) is 12.1 Å². The van der Waals surface area contributed by atoms with Crippen LogP contribution in [0.1, 0.15) is 18.4 Å². The second-order valence-corrected chi connectivity index (χ2v) is 7.40. The predicted octanol–water partition coefficient (Wildman–Crippen LogP) is 4.29. The fraction of sp³-hybridized carbons (Fsp3) is 0.200. The number of nitrogens with zero attached hydrogens (tertiary/aromatic N) is 4. The van der Waals surface area contributed by atoms with E-state index in [1.807, 2.05) is 24.3 Å². The monoisotopic (exact) mass is 429 g/mol. The molecule has 0 atom stereocenters. The Morgan fingerprint density at radius 3 is 2.41 bits per heavy atom. The van der Waals surface area contributed by atoms with Crippen LogP contribution in [0.2, 0.25) is 0 Å². The largest absolute Gasteiger partial charge is 0.354 e. The zero-order valence-electron chi connectivity index (χ0n) is 17.6. The van der Waals surface area contributed by atoms with Crippen LogP contribution in [0.3, 0.4) is 0 Å². The lowest BCUT2D eigenvalue weighted by Gasteiger charge is -2.12. The maximum absolute atomic E-state index is 14.6. The van der Waals surface area contributed by atoms with E-state index in [1.165, 1.54) is 11.6 Å². The molecule has 0 aliphatic rings. The Morgan fingerprint density at radius 2 is 1.66 bits per heavy atom. The van der Waals surface area contributed by atoms with E-state index in [0.717, 1.165) is 24.0 Å². The molecular formula is C25H24FN5O. The number of carbonyl (C=O) groups is 1. The molecule has 0 aliphatic carbocycles. The molecule has 0 aliphatic heterocycles. The molecule has 162 valence electrons. The van der Waals surface area contributed by atoms with E-state index in [1.54, 1.807) is 53.9 Å². The first kappa shape index (κ1) is 21.4. The van der Waals surface area contributed by atoms with Crippen LogP contribution in [0.4, 0.5) is 4.39 Å². The number of pyridine rings is 2. The standard InChI is InChI=1S/C25H24FN5O/c26-23-6-2-1-5-21(23)25-22(20-10-14-28-15-11-20)18-30-31(25)17-16-29-24(32)7-3-4-19-8-12-27-13-9-19/h1-2,5-6,8-15,18H,3-4,7,16-17H2,(H,29,32). The predicted molar refractivity (Wildman–Crippen MR) is 121 cm³/mol. The summed E-state index contributed by atoms with van der Waals surface area (Å²) in [4.78, 5) is 20.3. The molecule has 1 N–H and O–H groups in total. The van der Waals surface area contributed by atoms with Crippen molar-refractivity contribution in [2.75, 3.05) is 6.54 Å². The lowest BCUT2D eigenvalue weighted by molar-refractivity contribution is -0.121. The van der Waals surface area contributed by atoms with Gasteiger partial charge < -0.3 is 5.32 Å². The number of hydrogen-bond acceptors (Lipinski definition) is 4. The highest BCUT2D eigenvalue weighted by molar-refractivity contribution is 5.81. The van der Waals surface area contributed by atoms with Crippen molar-refractivity contribution in [1.29, 1.82) is 0 Å². The van der Waals surface area contributed by atoms with Crippen LogP contribution in [-0.4, -0.2) is 32.2 Å². The van der Waals surface area contributed by atoms with Crippen LogP contribution in [0.5, 0.6) is 0 Å². The summed E-state index contributed by atoms with van der Waals surface area (Å²) in [6.07, 6.45) is 10.7. The SMILES string of the molecule is O=C(CCCc1ccncc1)NCCn1ncc(-c2ccncc2)c1-c1ccccc1F. The molecule has 0 unspecified atom stereocenters. The van der Waals surface area contributed by atoms with E-state index < -0.39 is 0 Å². The molecule has 3 heterocycles. The first-order valence-corrected chi connectivity index (χ1v) is 10.6. The molecule has 6 nitrogen and oxygen atoms in total. The number of rotatable bonds is 9. The van der Waals surface area contributed by atoms with E-state index in [9.17, 15) is 9.18 Å². The van der Waals surface area contributed by atoms with Gasteiger partial charge in [0.2, 0.25) is 5.91 Å². The van der Waals surface area contributed by atoms with Gasteiger partial charge in [0.15, 0.2) is 0 Å². The Labute approximate surface area is 186 Å². The molecule has 0 radical (unpaired) electrons. The minimum Gasteiger partial charge on any atom is -0.354 e. The van der Waals surface area contributed by atoms with Crippen molar-refractivity contribution in [3.63, 3.8) is 0 Å². The molecule has 3 aromatic heterocycles. The van der Waals surface area contributed by atoms with E-state index >= 15 is 0 Å². The molecule has 0 saturated carbocycles. The van der Waals surface area contributed by atoms with Gasteiger partial charge in [0.1, 0.15) is 5.82 Å². The van der Waals surface area contributed by atoms with Crippen LogP contribution in [0, 0.1) is 5.82 Å². The highest BCUT2D eigenvalue weighted by atomic mass is 19.1. The zero-order valence-corrected chi connectivity index (χ0v) is 17.6. The highest BCUT2D eigenvalue weighted by Crippen LogP contribution is 2.33. The number of amides is 1. The second-order valence-electron chi connectivity index (χ2n) is 7.40. The third-order valence-corrected chi connectivity index (χ3v) is 5.22. The number of aromatic nitrogens is 4. The number of hydrogen-bond donors (Lipinski definition) is 1. The lowest BCUT2D eigenvalue weighted by Crippen LogP contribution is -2.27. The topological polar surface area (TPSA) is 72.7 Å². The third kappa shape index (κ3) is 5.24. The minimum absolute atomic E-state index is 0.00647. The molecule has 0 bridgehead atoms. The van der Waals surface area contributed by atoms with Crippen molar-refractivity contribution in [1.82, 2.24) is 25.1 Å². The van der Waals surface area contributed by atoms with Gasteiger partial charge in [-0.05, 0) is 60.4 Å². The summed E-state index contributed by atoms with van der Waals surface area (Å²) in [5, 5.41) is 7.42. The second kappa shape index (κ2) is 10.4. The molecule has 1 aromatic carbocycles. The molecule has 4 rings (SSSR count). The Morgan fingerprint density at radius 1 is 0.938 bits per heavy atom. The van der Waals surface area contributed by atoms with Crippen molar-refractivity contribution in [3.8, 4) is 22.4 Å². The molecule has 32 heavy (non-hydrogen) atoms. The Kier molecular flexibility index (Phi) is 6.97. The van der Waals surface area contributed by atoms with Gasteiger partial charge in [-0.2, -0.15) is 5.10 Å². The van der Waals surface area contributed by atoms with E-state index in [0.29, 0.717) is 30.8 Å². The smallest absolute Gasteiger partial charge is 0.220 e. The van der Waals surface area contributed by atoms with Gasteiger partial charge in [0.25, 0.3) is 0 Å². The van der Waals surface area contributed by atoms with Gasteiger partial charge in [0.05, 0.1) is 18.4 Å². The summed E-state index contributed by atoms with van der Waals surface area (Å²) in [7, 11) is 0. The molecule has 7 heteroatoms. The van der Waals surface area contributed by atoms with Crippen molar-refractivity contribution in [2.24, 2.45) is 0 Å². The maximum Gasteiger partial charge on any atom is 0.220 e. The lowest BCUT2D eigenvalue weighted by atomic mass is 10.0. The van der Waals surface area contributed by atoms with Crippen molar-refractivity contribution in [2.45, 2.75) is 25.8 Å². The normalized spacial score (nSPS) is 10.8. The van der Waals surface area contributed by atoms with Crippen molar-refractivity contribution < 1.29 is 9.18 Å². The summed E-state index contributed by atoms with van der Waals surface area (Å²) in [5.41, 5.74) is 4.05. The van der Waals surface area contributed by atoms with Crippen LogP contribution >= 0.6 is 0 Å². The molecular weight excluding hydrogens is 405 g/mol. The zero-order chi connectivity index (χ0) is 22.2. The van der Waals surface area contributed by atoms with Gasteiger partial charge in [-0.3, -0.25) is 19.4 Å². The summed E-state index contributed by atoms with van der Waals surface area (Å²) in [6.45, 7) is 0.845. The highest BCUT2D eigenvalue weighted by Gasteiger charge is 2.17. The number of halogens is 1. The maximum atomic E-state index is 14.6. The van der Waals surface area contributed by atoms with Gasteiger partial charge in [0, 0.05) is 48.9 Å². The summed E-state index contributed by atoms with van der Waals surface area (Å²) >= 11 is 0. The molecule has 1 amide bonds. The van der Waals surface area contributed by atoms with E-state index in [4.69, 9.17) is 0 Å². The van der Waals surface area contributed by atoms with Crippen LogP contribution in [-0.2, 0) is 17.8 Å². The Hall–Kier alpha value is -3.87. The van der Waals surface area contributed by atoms with Gasteiger partial charge in [-0.15, -0.1) is 0 Å². The van der Waals surface area contributed by atoms with Crippen molar-refractivity contribution in [3.05, 3.63) is 90.9 Å². The quantitative estimate of drug-likeness (QED) is 0.431. The first-order chi connectivity index (χ1) is 15.7. The Balaban J connectivity index is 1.42. The first-order valence-electron chi connectivity index (χ1n) is 10.6. The van der Waals surface area contributed by atoms with Crippen LogP contribution in [0.15, 0.2) is 79.5 Å². The summed E-state index contributed by atoms with van der Waals surface area (Å²) < 4.78 is 16.4. The molecule has 0 spiro atoms. The molecule has 0 fully saturated rings. The third-order valence-electron chi connectivity index (χ3n) is 5.22. The van der Waals surface area contributed by atoms with Crippen LogP contribution in [0.25, 0.3) is 22.4 Å². The van der Waals surface area contributed by atoms with Crippen LogP contribution < -0.4 is 5.32 Å². The Bertz CT molecular complexity index is 1160. The average molecular weight is 429 g/mol. The van der Waals surface area contributed by atoms with Crippen molar-refractivity contribution >= 4 is 5.91 Å². The summed E-state index contributed by atoms with van der Waals surface area (Å²) in [6, 6.07) is 14.3.